The number of hydrogen-bond donors (Lipinski definition) is 2. The zero-order chi connectivity index (χ0) is 18.1. The highest BCUT2D eigenvalue weighted by Crippen LogP contribution is 2.18. The number of benzene rings is 1. The Morgan fingerprint density at radius 3 is 2.81 bits per heavy atom. The first kappa shape index (κ1) is 22.6. The van der Waals surface area contributed by atoms with Crippen LogP contribution in [0.3, 0.4) is 0 Å². The second-order valence-corrected chi connectivity index (χ2v) is 6.69. The van der Waals surface area contributed by atoms with Crippen LogP contribution in [-0.2, 0) is 6.54 Å². The molecule has 144 valence electrons. The fraction of sp³-hybridized carbons (Fsp3) is 0.444. The van der Waals surface area contributed by atoms with Gasteiger partial charge in [-0.2, -0.15) is 0 Å². The van der Waals surface area contributed by atoms with Crippen LogP contribution in [0.25, 0.3) is 0 Å². The van der Waals surface area contributed by atoms with E-state index < -0.39 is 0 Å². The summed E-state index contributed by atoms with van der Waals surface area (Å²) in [6, 6.07) is 6.12. The predicted molar refractivity (Wildman–Crippen MR) is 116 cm³/mol. The van der Waals surface area contributed by atoms with E-state index in [1.54, 1.807) is 23.5 Å². The summed E-state index contributed by atoms with van der Waals surface area (Å²) >= 11 is 1.63. The fourth-order valence-electron chi connectivity index (χ4n) is 2.05. The van der Waals surface area contributed by atoms with Crippen molar-refractivity contribution >= 4 is 41.3 Å². The molecule has 0 aliphatic rings. The third-order valence-corrected chi connectivity index (χ3v) is 4.19. The van der Waals surface area contributed by atoms with E-state index >= 15 is 0 Å². The molecule has 1 heterocycles. The van der Waals surface area contributed by atoms with E-state index in [1.807, 2.05) is 6.92 Å². The second-order valence-electron chi connectivity index (χ2n) is 5.75. The van der Waals surface area contributed by atoms with E-state index in [0.29, 0.717) is 37.3 Å². The van der Waals surface area contributed by atoms with Gasteiger partial charge in [0.15, 0.2) is 5.96 Å². The summed E-state index contributed by atoms with van der Waals surface area (Å²) in [5.74, 6) is 1.37. The Morgan fingerprint density at radius 1 is 1.35 bits per heavy atom. The Bertz CT molecular complexity index is 693. The molecule has 1 aromatic carbocycles. The molecular formula is C18H26FIN4OS. The number of guanidine groups is 1. The minimum atomic E-state index is -0.301. The number of nitrogens with zero attached hydrogens (tertiary/aromatic N) is 2. The largest absolute Gasteiger partial charge is 0.492 e. The lowest BCUT2D eigenvalue weighted by atomic mass is 10.2. The van der Waals surface area contributed by atoms with Crippen LogP contribution in [0.2, 0.25) is 0 Å². The van der Waals surface area contributed by atoms with Gasteiger partial charge in [0.1, 0.15) is 23.2 Å². The van der Waals surface area contributed by atoms with Gasteiger partial charge in [0.2, 0.25) is 0 Å². The highest BCUT2D eigenvalue weighted by atomic mass is 127. The zero-order valence-corrected chi connectivity index (χ0v) is 18.4. The van der Waals surface area contributed by atoms with Gasteiger partial charge in [0.25, 0.3) is 0 Å². The van der Waals surface area contributed by atoms with Gasteiger partial charge >= 0.3 is 0 Å². The number of ether oxygens (including phenoxy) is 1. The van der Waals surface area contributed by atoms with Crippen LogP contribution in [0, 0.1) is 5.82 Å². The molecule has 0 aliphatic carbocycles. The zero-order valence-electron chi connectivity index (χ0n) is 15.3. The first-order valence-corrected chi connectivity index (χ1v) is 9.31. The molecule has 1 aromatic heterocycles. The molecule has 26 heavy (non-hydrogen) atoms. The Labute approximate surface area is 175 Å². The first-order valence-electron chi connectivity index (χ1n) is 8.43. The summed E-state index contributed by atoms with van der Waals surface area (Å²) in [5, 5.41) is 9.48. The van der Waals surface area contributed by atoms with E-state index in [-0.39, 0.29) is 29.8 Å². The lowest BCUT2D eigenvalue weighted by Crippen LogP contribution is -2.39. The van der Waals surface area contributed by atoms with Crippen molar-refractivity contribution < 1.29 is 9.13 Å². The number of thiazole rings is 1. The minimum absolute atomic E-state index is 0. The molecule has 0 atom stereocenters. The number of aliphatic imine (C=N–C) groups is 1. The van der Waals surface area contributed by atoms with Crippen molar-refractivity contribution in [3.63, 3.8) is 0 Å². The monoisotopic (exact) mass is 492 g/mol. The Kier molecular flexibility index (Phi) is 10.5. The van der Waals surface area contributed by atoms with Gasteiger partial charge < -0.3 is 15.4 Å². The quantitative estimate of drug-likeness (QED) is 0.252. The van der Waals surface area contributed by atoms with Crippen LogP contribution in [0.5, 0.6) is 5.75 Å². The van der Waals surface area contributed by atoms with E-state index in [2.05, 4.69) is 39.8 Å². The van der Waals surface area contributed by atoms with Crippen LogP contribution in [0.1, 0.15) is 37.4 Å². The molecule has 2 aromatic rings. The summed E-state index contributed by atoms with van der Waals surface area (Å²) in [6.45, 7) is 8.57. The Balaban J connectivity index is 0.00000338. The van der Waals surface area contributed by atoms with Gasteiger partial charge in [-0.25, -0.2) is 14.4 Å². The molecule has 2 rings (SSSR count). The number of hydrogen-bond acceptors (Lipinski definition) is 4. The van der Waals surface area contributed by atoms with E-state index in [4.69, 9.17) is 4.74 Å². The molecule has 0 fully saturated rings. The number of halogens is 2. The summed E-state index contributed by atoms with van der Waals surface area (Å²) in [4.78, 5) is 9.12. The average molecular weight is 492 g/mol. The number of aromatic nitrogens is 1. The van der Waals surface area contributed by atoms with Crippen molar-refractivity contribution in [3.8, 4) is 5.75 Å². The SMILES string of the molecule is CCNC(=NCc1nc(C(C)C)cs1)NCCOc1cccc(F)c1.I. The smallest absolute Gasteiger partial charge is 0.191 e. The molecular weight excluding hydrogens is 466 g/mol. The highest BCUT2D eigenvalue weighted by Gasteiger charge is 2.05. The summed E-state index contributed by atoms with van der Waals surface area (Å²) in [7, 11) is 0. The van der Waals surface area contributed by atoms with Crippen LogP contribution >= 0.6 is 35.3 Å². The number of nitrogens with one attached hydrogen (secondary N) is 2. The average Bonchev–Trinajstić information content (AvgIpc) is 3.06. The van der Waals surface area contributed by atoms with E-state index in [0.717, 1.165) is 17.2 Å². The maximum Gasteiger partial charge on any atom is 0.191 e. The van der Waals surface area contributed by atoms with Crippen molar-refractivity contribution in [3.05, 3.63) is 46.2 Å². The minimum Gasteiger partial charge on any atom is -0.492 e. The van der Waals surface area contributed by atoms with E-state index in [9.17, 15) is 4.39 Å². The van der Waals surface area contributed by atoms with Crippen molar-refractivity contribution in [2.45, 2.75) is 33.2 Å². The van der Waals surface area contributed by atoms with Gasteiger partial charge in [-0.05, 0) is 25.0 Å². The maximum absolute atomic E-state index is 13.1. The summed E-state index contributed by atoms with van der Waals surface area (Å²) in [6.07, 6.45) is 0. The van der Waals surface area contributed by atoms with Crippen LogP contribution in [0.4, 0.5) is 4.39 Å². The highest BCUT2D eigenvalue weighted by molar-refractivity contribution is 14.0. The summed E-state index contributed by atoms with van der Waals surface area (Å²) < 4.78 is 18.6. The van der Waals surface area contributed by atoms with Crippen molar-refractivity contribution in [2.24, 2.45) is 4.99 Å². The topological polar surface area (TPSA) is 58.5 Å². The molecule has 0 bridgehead atoms. The Morgan fingerprint density at radius 2 is 2.15 bits per heavy atom. The third-order valence-electron chi connectivity index (χ3n) is 3.34. The molecule has 8 heteroatoms. The molecule has 0 aliphatic heterocycles. The molecule has 5 nitrogen and oxygen atoms in total. The lowest BCUT2D eigenvalue weighted by molar-refractivity contribution is 0.320. The molecule has 0 radical (unpaired) electrons. The van der Waals surface area contributed by atoms with Crippen LogP contribution < -0.4 is 15.4 Å². The van der Waals surface area contributed by atoms with Crippen LogP contribution in [0.15, 0.2) is 34.6 Å². The van der Waals surface area contributed by atoms with Gasteiger partial charge in [-0.1, -0.05) is 19.9 Å². The molecule has 0 amide bonds. The van der Waals surface area contributed by atoms with Crippen molar-refractivity contribution in [2.75, 3.05) is 19.7 Å². The van der Waals surface area contributed by atoms with E-state index in [1.165, 1.54) is 12.1 Å². The molecule has 2 N–H and O–H groups in total. The van der Waals surface area contributed by atoms with Gasteiger partial charge in [-0.15, -0.1) is 35.3 Å². The normalized spacial score (nSPS) is 11.2. The molecule has 0 saturated heterocycles. The first-order chi connectivity index (χ1) is 12.1. The maximum atomic E-state index is 13.1. The summed E-state index contributed by atoms with van der Waals surface area (Å²) in [5.41, 5.74) is 1.11. The number of rotatable bonds is 8. The molecule has 0 unspecified atom stereocenters. The molecule has 0 spiro atoms. The Hall–Kier alpha value is -1.42. The third kappa shape index (κ3) is 7.86. The van der Waals surface area contributed by atoms with Gasteiger partial charge in [-0.3, -0.25) is 0 Å². The predicted octanol–water partition coefficient (Wildman–Crippen LogP) is 4.16. The second kappa shape index (κ2) is 12.1. The van der Waals surface area contributed by atoms with Gasteiger partial charge in [0.05, 0.1) is 18.8 Å². The standard InChI is InChI=1S/C18H25FN4OS.HI/c1-4-20-18(22-11-17-23-16(12-25-17)13(2)3)21-8-9-24-15-7-5-6-14(19)10-15;/h5-7,10,12-13H,4,8-9,11H2,1-3H3,(H2,20,21,22);1H. The van der Waals surface area contributed by atoms with Crippen molar-refractivity contribution in [1.82, 2.24) is 15.6 Å². The van der Waals surface area contributed by atoms with Crippen molar-refractivity contribution in [1.29, 1.82) is 0 Å². The molecule has 0 saturated carbocycles. The van der Waals surface area contributed by atoms with Crippen LogP contribution in [-0.4, -0.2) is 30.6 Å². The lowest BCUT2D eigenvalue weighted by Gasteiger charge is -2.11. The fourth-order valence-corrected chi connectivity index (χ4v) is 2.93. The van der Waals surface area contributed by atoms with Gasteiger partial charge in [0, 0.05) is 18.0 Å².